The van der Waals surface area contributed by atoms with Crippen molar-refractivity contribution in [3.8, 4) is 0 Å². The molecule has 1 saturated heterocycles. The normalized spacial score (nSPS) is 23.9. The van der Waals surface area contributed by atoms with E-state index in [0.717, 1.165) is 6.54 Å². The Morgan fingerprint density at radius 3 is 2.53 bits per heavy atom. The van der Waals surface area contributed by atoms with Gasteiger partial charge in [-0.05, 0) is 30.4 Å². The molecule has 4 rings (SSSR count). The number of rotatable bonds is 2. The van der Waals surface area contributed by atoms with Crippen molar-refractivity contribution in [2.24, 2.45) is 0 Å². The molecule has 2 aromatic rings. The van der Waals surface area contributed by atoms with Gasteiger partial charge in [0.05, 0.1) is 12.2 Å². The van der Waals surface area contributed by atoms with E-state index in [-0.39, 0.29) is 0 Å². The van der Waals surface area contributed by atoms with E-state index in [9.17, 15) is 0 Å². The molecule has 4 nitrogen and oxygen atoms in total. The largest absolute Gasteiger partial charge is 0.298 e. The maximum Gasteiger partial charge on any atom is 0.0693 e. The molecule has 1 aliphatic carbocycles. The summed E-state index contributed by atoms with van der Waals surface area (Å²) in [5, 5.41) is 8.05. The van der Waals surface area contributed by atoms with Gasteiger partial charge in [0.15, 0.2) is 0 Å². The Balaban J connectivity index is 1.46. The van der Waals surface area contributed by atoms with Crippen LogP contribution in [0.5, 0.6) is 0 Å². The Morgan fingerprint density at radius 1 is 1.05 bits per heavy atom. The zero-order chi connectivity index (χ0) is 12.7. The van der Waals surface area contributed by atoms with Crippen molar-refractivity contribution in [2.45, 2.75) is 31.3 Å². The van der Waals surface area contributed by atoms with Crippen LogP contribution in [0, 0.1) is 0 Å². The second-order valence-corrected chi connectivity index (χ2v) is 5.65. The number of nitrogens with zero attached hydrogens (tertiary/aromatic N) is 4. The number of aromatic nitrogens is 3. The van der Waals surface area contributed by atoms with E-state index in [1.807, 2.05) is 10.9 Å². The van der Waals surface area contributed by atoms with Gasteiger partial charge in [-0.15, -0.1) is 5.10 Å². The molecule has 1 unspecified atom stereocenters. The van der Waals surface area contributed by atoms with Gasteiger partial charge in [-0.2, -0.15) is 0 Å². The highest BCUT2D eigenvalue weighted by atomic mass is 15.4. The molecule has 0 radical (unpaired) electrons. The Kier molecular flexibility index (Phi) is 2.62. The smallest absolute Gasteiger partial charge is 0.0693 e. The van der Waals surface area contributed by atoms with E-state index in [1.54, 1.807) is 6.20 Å². The van der Waals surface area contributed by atoms with Crippen molar-refractivity contribution in [1.29, 1.82) is 0 Å². The number of benzene rings is 1. The summed E-state index contributed by atoms with van der Waals surface area (Å²) >= 11 is 0. The van der Waals surface area contributed by atoms with Crippen LogP contribution in [-0.2, 0) is 12.8 Å². The Labute approximate surface area is 113 Å². The maximum absolute atomic E-state index is 4.14. The summed E-state index contributed by atoms with van der Waals surface area (Å²) in [6, 6.07) is 10.1. The summed E-state index contributed by atoms with van der Waals surface area (Å²) in [5.74, 6) is 0. The first kappa shape index (κ1) is 11.2. The summed E-state index contributed by atoms with van der Waals surface area (Å²) < 4.78 is 2.02. The fourth-order valence-corrected chi connectivity index (χ4v) is 3.52. The van der Waals surface area contributed by atoms with E-state index >= 15 is 0 Å². The summed E-state index contributed by atoms with van der Waals surface area (Å²) in [7, 11) is 0. The molecule has 2 aliphatic rings. The van der Waals surface area contributed by atoms with Crippen LogP contribution in [0.2, 0.25) is 0 Å². The molecule has 1 aromatic carbocycles. The number of likely N-dealkylation sites (tertiary alicyclic amines) is 1. The molecule has 1 atom stereocenters. The fourth-order valence-electron chi connectivity index (χ4n) is 3.52. The quantitative estimate of drug-likeness (QED) is 0.818. The van der Waals surface area contributed by atoms with Crippen molar-refractivity contribution in [3.63, 3.8) is 0 Å². The first-order chi connectivity index (χ1) is 9.40. The molecule has 0 amide bonds. The van der Waals surface area contributed by atoms with E-state index in [1.165, 1.54) is 36.9 Å². The monoisotopic (exact) mass is 254 g/mol. The molecule has 19 heavy (non-hydrogen) atoms. The van der Waals surface area contributed by atoms with Crippen LogP contribution in [0.4, 0.5) is 0 Å². The predicted octanol–water partition coefficient (Wildman–Crippen LogP) is 1.69. The van der Waals surface area contributed by atoms with Gasteiger partial charge < -0.3 is 0 Å². The van der Waals surface area contributed by atoms with Crippen molar-refractivity contribution in [2.75, 3.05) is 13.1 Å². The molecular formula is C15H18N4. The minimum Gasteiger partial charge on any atom is -0.298 e. The van der Waals surface area contributed by atoms with Crippen LogP contribution >= 0.6 is 0 Å². The van der Waals surface area contributed by atoms with E-state index in [4.69, 9.17) is 0 Å². The molecule has 0 bridgehead atoms. The van der Waals surface area contributed by atoms with Crippen molar-refractivity contribution in [3.05, 3.63) is 47.8 Å². The minimum atomic E-state index is 0.506. The summed E-state index contributed by atoms with van der Waals surface area (Å²) in [5.41, 5.74) is 3.08. The third kappa shape index (κ3) is 1.96. The lowest BCUT2D eigenvalue weighted by molar-refractivity contribution is 0.238. The fraction of sp³-hybridized carbons (Fsp3) is 0.467. The summed E-state index contributed by atoms with van der Waals surface area (Å²) in [6.07, 6.45) is 7.36. The SMILES string of the molecule is c1ccc2c(c1)CC(N1CCC(n3ccnn3)C1)C2. The van der Waals surface area contributed by atoms with Crippen LogP contribution in [0.1, 0.15) is 23.6 Å². The van der Waals surface area contributed by atoms with Gasteiger partial charge in [-0.25, -0.2) is 4.68 Å². The van der Waals surface area contributed by atoms with Crippen LogP contribution in [0.25, 0.3) is 0 Å². The molecule has 98 valence electrons. The standard InChI is InChI=1S/C15H18N4/c1-2-4-13-10-15(9-12(13)3-1)18-7-5-14(11-18)19-8-6-16-17-19/h1-4,6,8,14-15H,5,7,9-11H2. The molecule has 1 aromatic heterocycles. The number of hydrogen-bond donors (Lipinski definition) is 0. The van der Waals surface area contributed by atoms with Crippen molar-refractivity contribution in [1.82, 2.24) is 19.9 Å². The van der Waals surface area contributed by atoms with Gasteiger partial charge >= 0.3 is 0 Å². The highest BCUT2D eigenvalue weighted by molar-refractivity contribution is 5.33. The Morgan fingerprint density at radius 2 is 1.84 bits per heavy atom. The maximum atomic E-state index is 4.14. The highest BCUT2D eigenvalue weighted by Gasteiger charge is 2.32. The topological polar surface area (TPSA) is 34.0 Å². The van der Waals surface area contributed by atoms with Gasteiger partial charge in [0.2, 0.25) is 0 Å². The summed E-state index contributed by atoms with van der Waals surface area (Å²) in [6.45, 7) is 2.30. The van der Waals surface area contributed by atoms with E-state index in [0.29, 0.717) is 12.1 Å². The van der Waals surface area contributed by atoms with Crippen LogP contribution in [0.3, 0.4) is 0 Å². The second kappa shape index (κ2) is 4.46. The summed E-state index contributed by atoms with van der Waals surface area (Å²) in [4.78, 5) is 2.63. The lowest BCUT2D eigenvalue weighted by atomic mass is 10.1. The number of fused-ring (bicyclic) bond motifs is 1. The third-order valence-corrected chi connectivity index (χ3v) is 4.56. The van der Waals surface area contributed by atoms with Crippen molar-refractivity contribution >= 4 is 0 Å². The van der Waals surface area contributed by atoms with Crippen LogP contribution in [0.15, 0.2) is 36.7 Å². The zero-order valence-electron chi connectivity index (χ0n) is 10.9. The molecule has 0 spiro atoms. The molecular weight excluding hydrogens is 236 g/mol. The average Bonchev–Trinajstić information content (AvgIpc) is 3.17. The lowest BCUT2D eigenvalue weighted by Crippen LogP contribution is -2.34. The minimum absolute atomic E-state index is 0.506. The molecule has 1 aliphatic heterocycles. The molecule has 0 saturated carbocycles. The Bertz CT molecular complexity index is 538. The third-order valence-electron chi connectivity index (χ3n) is 4.56. The molecule has 1 fully saturated rings. The van der Waals surface area contributed by atoms with Gasteiger partial charge in [0, 0.05) is 25.3 Å². The van der Waals surface area contributed by atoms with Crippen molar-refractivity contribution < 1.29 is 0 Å². The Hall–Kier alpha value is -1.68. The molecule has 0 N–H and O–H groups in total. The van der Waals surface area contributed by atoms with Gasteiger partial charge in [0.1, 0.15) is 0 Å². The second-order valence-electron chi connectivity index (χ2n) is 5.65. The van der Waals surface area contributed by atoms with Crippen LogP contribution in [-0.4, -0.2) is 39.0 Å². The zero-order valence-corrected chi connectivity index (χ0v) is 10.9. The average molecular weight is 254 g/mol. The first-order valence-electron chi connectivity index (χ1n) is 7.07. The molecule has 4 heteroatoms. The molecule has 2 heterocycles. The van der Waals surface area contributed by atoms with Gasteiger partial charge in [-0.1, -0.05) is 29.5 Å². The van der Waals surface area contributed by atoms with Gasteiger partial charge in [-0.3, -0.25) is 4.90 Å². The highest BCUT2D eigenvalue weighted by Crippen LogP contribution is 2.30. The van der Waals surface area contributed by atoms with Crippen LogP contribution < -0.4 is 0 Å². The van der Waals surface area contributed by atoms with E-state index < -0.39 is 0 Å². The van der Waals surface area contributed by atoms with E-state index in [2.05, 4.69) is 39.5 Å². The number of hydrogen-bond acceptors (Lipinski definition) is 3. The lowest BCUT2D eigenvalue weighted by Gasteiger charge is -2.23. The predicted molar refractivity (Wildman–Crippen MR) is 72.9 cm³/mol. The van der Waals surface area contributed by atoms with Gasteiger partial charge in [0.25, 0.3) is 0 Å². The first-order valence-corrected chi connectivity index (χ1v) is 7.07.